The van der Waals surface area contributed by atoms with Crippen molar-refractivity contribution >= 4 is 17.5 Å². The zero-order valence-electron chi connectivity index (χ0n) is 17.9. The second-order valence-corrected chi connectivity index (χ2v) is 8.24. The molecule has 0 aromatic heterocycles. The van der Waals surface area contributed by atoms with Gasteiger partial charge in [-0.15, -0.1) is 0 Å². The minimum Gasteiger partial charge on any atom is -0.488 e. The van der Waals surface area contributed by atoms with E-state index < -0.39 is 0 Å². The zero-order chi connectivity index (χ0) is 22.2. The van der Waals surface area contributed by atoms with Crippen molar-refractivity contribution < 1.29 is 14.3 Å². The zero-order valence-corrected chi connectivity index (χ0v) is 18.7. The Labute approximate surface area is 193 Å². The van der Waals surface area contributed by atoms with Crippen LogP contribution in [0.3, 0.4) is 0 Å². The van der Waals surface area contributed by atoms with Crippen LogP contribution in [-0.2, 0) is 24.4 Å². The summed E-state index contributed by atoms with van der Waals surface area (Å²) in [4.78, 5) is 15.3. The van der Waals surface area contributed by atoms with E-state index in [1.807, 2.05) is 42.5 Å². The number of halogens is 1. The molecule has 3 aromatic rings. The van der Waals surface area contributed by atoms with E-state index in [0.29, 0.717) is 29.5 Å². The van der Waals surface area contributed by atoms with Crippen LogP contribution in [0.5, 0.6) is 5.75 Å². The van der Waals surface area contributed by atoms with Crippen LogP contribution in [0.25, 0.3) is 0 Å². The van der Waals surface area contributed by atoms with Gasteiger partial charge in [-0.3, -0.25) is 9.69 Å². The average molecular weight is 451 g/mol. The van der Waals surface area contributed by atoms with Gasteiger partial charge >= 0.3 is 0 Å². The van der Waals surface area contributed by atoms with Crippen molar-refractivity contribution in [2.45, 2.75) is 19.7 Å². The maximum atomic E-state index is 12.9. The number of nitrogens with zero attached hydrogens (tertiary/aromatic N) is 1. The van der Waals surface area contributed by atoms with Crippen LogP contribution in [0.4, 0.5) is 0 Å². The Morgan fingerprint density at radius 2 is 1.69 bits per heavy atom. The van der Waals surface area contributed by atoms with Crippen LogP contribution < -0.4 is 10.1 Å². The summed E-state index contributed by atoms with van der Waals surface area (Å²) in [5, 5.41) is 3.50. The number of rotatable bonds is 8. The standard InChI is InChI=1S/C26H27ClN2O3/c27-23-9-10-25(32-19-20-5-2-1-3-6-20)24(16-23)26(30)28-17-21-7-4-8-22(15-21)18-29-11-13-31-14-12-29/h1-10,15-16H,11-14,17-19H2,(H,28,30). The molecule has 0 spiro atoms. The van der Waals surface area contributed by atoms with E-state index in [-0.39, 0.29) is 5.91 Å². The molecule has 32 heavy (non-hydrogen) atoms. The molecule has 1 amide bonds. The summed E-state index contributed by atoms with van der Waals surface area (Å²) >= 11 is 6.16. The summed E-state index contributed by atoms with van der Waals surface area (Å²) in [6.45, 7) is 5.15. The van der Waals surface area contributed by atoms with Crippen molar-refractivity contribution in [3.8, 4) is 5.75 Å². The topological polar surface area (TPSA) is 50.8 Å². The molecule has 1 N–H and O–H groups in total. The predicted molar refractivity (Wildman–Crippen MR) is 126 cm³/mol. The molecule has 3 aromatic carbocycles. The molecule has 0 aliphatic carbocycles. The third kappa shape index (κ3) is 6.33. The van der Waals surface area contributed by atoms with Gasteiger partial charge in [0, 0.05) is 31.2 Å². The number of carbonyl (C=O) groups excluding carboxylic acids is 1. The van der Waals surface area contributed by atoms with Crippen molar-refractivity contribution in [3.05, 3.63) is 100 Å². The normalized spacial score (nSPS) is 14.2. The largest absolute Gasteiger partial charge is 0.488 e. The van der Waals surface area contributed by atoms with Gasteiger partial charge in [0.2, 0.25) is 0 Å². The van der Waals surface area contributed by atoms with Gasteiger partial charge in [-0.2, -0.15) is 0 Å². The number of carbonyl (C=O) groups is 1. The Morgan fingerprint density at radius 3 is 2.50 bits per heavy atom. The van der Waals surface area contributed by atoms with Gasteiger partial charge in [0.05, 0.1) is 18.8 Å². The Kier molecular flexibility index (Phi) is 7.77. The van der Waals surface area contributed by atoms with Gasteiger partial charge < -0.3 is 14.8 Å². The average Bonchev–Trinajstić information content (AvgIpc) is 2.83. The summed E-state index contributed by atoms with van der Waals surface area (Å²) in [6.07, 6.45) is 0. The molecule has 1 heterocycles. The first-order valence-electron chi connectivity index (χ1n) is 10.8. The van der Waals surface area contributed by atoms with Crippen LogP contribution in [0.2, 0.25) is 5.02 Å². The van der Waals surface area contributed by atoms with Crippen molar-refractivity contribution in [1.29, 1.82) is 0 Å². The van der Waals surface area contributed by atoms with Crippen LogP contribution in [-0.4, -0.2) is 37.1 Å². The van der Waals surface area contributed by atoms with Crippen LogP contribution in [0.1, 0.15) is 27.0 Å². The first kappa shape index (κ1) is 22.3. The van der Waals surface area contributed by atoms with E-state index in [0.717, 1.165) is 44.0 Å². The van der Waals surface area contributed by atoms with Crippen molar-refractivity contribution in [2.24, 2.45) is 0 Å². The van der Waals surface area contributed by atoms with Crippen LogP contribution >= 0.6 is 11.6 Å². The number of amides is 1. The summed E-state index contributed by atoms with van der Waals surface area (Å²) in [7, 11) is 0. The smallest absolute Gasteiger partial charge is 0.255 e. The van der Waals surface area contributed by atoms with Crippen molar-refractivity contribution in [3.63, 3.8) is 0 Å². The van der Waals surface area contributed by atoms with Gasteiger partial charge in [-0.1, -0.05) is 66.2 Å². The lowest BCUT2D eigenvalue weighted by Gasteiger charge is -2.26. The van der Waals surface area contributed by atoms with Crippen molar-refractivity contribution in [2.75, 3.05) is 26.3 Å². The molecule has 6 heteroatoms. The highest BCUT2D eigenvalue weighted by Gasteiger charge is 2.14. The number of nitrogens with one attached hydrogen (secondary N) is 1. The van der Waals surface area contributed by atoms with Gasteiger partial charge in [-0.25, -0.2) is 0 Å². The molecule has 1 fully saturated rings. The molecule has 0 saturated carbocycles. The SMILES string of the molecule is O=C(NCc1cccc(CN2CCOCC2)c1)c1cc(Cl)ccc1OCc1ccccc1. The Bertz CT molecular complexity index is 1040. The fraction of sp³-hybridized carbons (Fsp3) is 0.269. The molecule has 5 nitrogen and oxygen atoms in total. The van der Waals surface area contributed by atoms with Crippen molar-refractivity contribution in [1.82, 2.24) is 10.2 Å². The molecule has 0 radical (unpaired) electrons. The first-order chi connectivity index (χ1) is 15.7. The Balaban J connectivity index is 1.38. The minimum atomic E-state index is -0.214. The number of hydrogen-bond acceptors (Lipinski definition) is 4. The van der Waals surface area contributed by atoms with E-state index in [2.05, 4.69) is 22.3 Å². The second kappa shape index (κ2) is 11.1. The highest BCUT2D eigenvalue weighted by molar-refractivity contribution is 6.31. The molecular formula is C26H27ClN2O3. The fourth-order valence-electron chi connectivity index (χ4n) is 3.67. The predicted octanol–water partition coefficient (Wildman–Crippen LogP) is 4.68. The summed E-state index contributed by atoms with van der Waals surface area (Å²) in [6, 6.07) is 23.3. The molecule has 1 aliphatic heterocycles. The summed E-state index contributed by atoms with van der Waals surface area (Å²) < 4.78 is 11.3. The quantitative estimate of drug-likeness (QED) is 0.541. The van der Waals surface area contributed by atoms with E-state index in [9.17, 15) is 4.79 Å². The van der Waals surface area contributed by atoms with Gasteiger partial charge in [0.25, 0.3) is 5.91 Å². The van der Waals surface area contributed by atoms with E-state index >= 15 is 0 Å². The lowest BCUT2D eigenvalue weighted by Crippen LogP contribution is -2.35. The molecule has 0 atom stereocenters. The maximum Gasteiger partial charge on any atom is 0.255 e. The molecular weight excluding hydrogens is 424 g/mol. The van der Waals surface area contributed by atoms with Gasteiger partial charge in [0.15, 0.2) is 0 Å². The monoisotopic (exact) mass is 450 g/mol. The number of morpholine rings is 1. The van der Waals surface area contributed by atoms with Gasteiger partial charge in [-0.05, 0) is 34.9 Å². The van der Waals surface area contributed by atoms with E-state index in [1.165, 1.54) is 5.56 Å². The highest BCUT2D eigenvalue weighted by Crippen LogP contribution is 2.24. The fourth-order valence-corrected chi connectivity index (χ4v) is 3.85. The molecule has 4 rings (SSSR count). The number of ether oxygens (including phenoxy) is 2. The highest BCUT2D eigenvalue weighted by atomic mass is 35.5. The van der Waals surface area contributed by atoms with Crippen LogP contribution in [0, 0.1) is 0 Å². The number of hydrogen-bond donors (Lipinski definition) is 1. The summed E-state index contributed by atoms with van der Waals surface area (Å²) in [5.41, 5.74) is 3.75. The Hall–Kier alpha value is -2.86. The maximum absolute atomic E-state index is 12.9. The summed E-state index contributed by atoms with van der Waals surface area (Å²) in [5.74, 6) is 0.297. The third-order valence-electron chi connectivity index (χ3n) is 5.38. The molecule has 1 aliphatic rings. The number of benzene rings is 3. The Morgan fingerprint density at radius 1 is 0.938 bits per heavy atom. The third-order valence-corrected chi connectivity index (χ3v) is 5.61. The molecule has 1 saturated heterocycles. The van der Waals surface area contributed by atoms with Crippen LogP contribution in [0.15, 0.2) is 72.8 Å². The molecule has 0 bridgehead atoms. The lowest BCUT2D eigenvalue weighted by atomic mass is 10.1. The van der Waals surface area contributed by atoms with Gasteiger partial charge in [0.1, 0.15) is 12.4 Å². The minimum absolute atomic E-state index is 0.214. The molecule has 0 unspecified atom stereocenters. The van der Waals surface area contributed by atoms with E-state index in [4.69, 9.17) is 21.1 Å². The molecule has 166 valence electrons. The lowest BCUT2D eigenvalue weighted by molar-refractivity contribution is 0.0342. The second-order valence-electron chi connectivity index (χ2n) is 7.81. The first-order valence-corrected chi connectivity index (χ1v) is 11.2. The van der Waals surface area contributed by atoms with E-state index in [1.54, 1.807) is 18.2 Å².